The van der Waals surface area contributed by atoms with Crippen LogP contribution in [0.1, 0.15) is 70.3 Å². The minimum absolute atomic E-state index is 0.114. The standard InChI is InChI=1S/C23H34Cl2N2O/c1-22(27-13-6-3-7-14-27)10-8-9-21(26-11-4-2-5-12-26)23(22,28)18-15-19(24)17-20(25)16-18/h15-17,21,28H,2-14H2,1H3. The second kappa shape index (κ2) is 8.43. The second-order valence-electron chi connectivity index (χ2n) is 9.25. The number of benzene rings is 1. The van der Waals surface area contributed by atoms with Crippen LogP contribution in [-0.2, 0) is 5.60 Å². The Balaban J connectivity index is 1.81. The zero-order chi connectivity index (χ0) is 19.8. The summed E-state index contributed by atoms with van der Waals surface area (Å²) in [6.07, 6.45) is 10.7. The highest BCUT2D eigenvalue weighted by Crippen LogP contribution is 2.51. The molecular weight excluding hydrogens is 391 g/mol. The van der Waals surface area contributed by atoms with Crippen LogP contribution < -0.4 is 0 Å². The van der Waals surface area contributed by atoms with E-state index in [-0.39, 0.29) is 11.6 Å². The molecule has 3 atom stereocenters. The molecule has 2 aliphatic heterocycles. The topological polar surface area (TPSA) is 26.7 Å². The number of rotatable bonds is 3. The van der Waals surface area contributed by atoms with Gasteiger partial charge in [0.1, 0.15) is 5.60 Å². The Morgan fingerprint density at radius 3 is 2.04 bits per heavy atom. The molecule has 3 unspecified atom stereocenters. The average Bonchev–Trinajstić information content (AvgIpc) is 2.70. The Morgan fingerprint density at radius 1 is 0.857 bits per heavy atom. The van der Waals surface area contributed by atoms with Crippen LogP contribution in [0, 0.1) is 0 Å². The van der Waals surface area contributed by atoms with Gasteiger partial charge in [0, 0.05) is 16.1 Å². The van der Waals surface area contributed by atoms with E-state index in [2.05, 4.69) is 16.7 Å². The summed E-state index contributed by atoms with van der Waals surface area (Å²) in [4.78, 5) is 5.13. The lowest BCUT2D eigenvalue weighted by Gasteiger charge is -2.61. The first-order valence-corrected chi connectivity index (χ1v) is 11.9. The van der Waals surface area contributed by atoms with Crippen LogP contribution in [0.5, 0.6) is 0 Å². The number of hydrogen-bond acceptors (Lipinski definition) is 3. The van der Waals surface area contributed by atoms with Gasteiger partial charge in [0.25, 0.3) is 0 Å². The summed E-state index contributed by atoms with van der Waals surface area (Å²) in [5.74, 6) is 0. The molecule has 5 heteroatoms. The van der Waals surface area contributed by atoms with Crippen molar-refractivity contribution in [1.29, 1.82) is 0 Å². The van der Waals surface area contributed by atoms with Gasteiger partial charge in [-0.2, -0.15) is 0 Å². The summed E-state index contributed by atoms with van der Waals surface area (Å²) in [6.45, 7) is 6.59. The molecule has 2 saturated heterocycles. The van der Waals surface area contributed by atoms with E-state index in [1.165, 1.54) is 38.5 Å². The Hall–Kier alpha value is -0.320. The largest absolute Gasteiger partial charge is 0.382 e. The van der Waals surface area contributed by atoms with Crippen molar-refractivity contribution in [2.75, 3.05) is 26.2 Å². The fourth-order valence-corrected chi connectivity index (χ4v) is 6.66. The summed E-state index contributed by atoms with van der Waals surface area (Å²) < 4.78 is 0. The lowest BCUT2D eigenvalue weighted by Crippen LogP contribution is -2.71. The molecule has 156 valence electrons. The van der Waals surface area contributed by atoms with E-state index in [0.29, 0.717) is 10.0 Å². The van der Waals surface area contributed by atoms with Crippen molar-refractivity contribution in [3.8, 4) is 0 Å². The lowest BCUT2D eigenvalue weighted by atomic mass is 9.62. The van der Waals surface area contributed by atoms with Crippen LogP contribution in [0.15, 0.2) is 18.2 Å². The molecule has 1 saturated carbocycles. The summed E-state index contributed by atoms with van der Waals surface area (Å²) in [5.41, 5.74) is -0.385. The predicted molar refractivity (Wildman–Crippen MR) is 117 cm³/mol. The van der Waals surface area contributed by atoms with Crippen LogP contribution in [0.2, 0.25) is 10.0 Å². The van der Waals surface area contributed by atoms with Gasteiger partial charge in [-0.3, -0.25) is 9.80 Å². The zero-order valence-electron chi connectivity index (χ0n) is 17.1. The van der Waals surface area contributed by atoms with Gasteiger partial charge in [0.15, 0.2) is 0 Å². The highest BCUT2D eigenvalue weighted by atomic mass is 35.5. The Labute approximate surface area is 180 Å². The van der Waals surface area contributed by atoms with Gasteiger partial charge in [-0.05, 0) is 102 Å². The van der Waals surface area contributed by atoms with E-state index in [9.17, 15) is 5.11 Å². The van der Waals surface area contributed by atoms with Crippen LogP contribution in [0.3, 0.4) is 0 Å². The molecular formula is C23H34Cl2N2O. The molecule has 1 aliphatic carbocycles. The molecule has 3 fully saturated rings. The van der Waals surface area contributed by atoms with Crippen molar-refractivity contribution in [3.63, 3.8) is 0 Å². The number of aliphatic hydroxyl groups is 1. The minimum atomic E-state index is -0.978. The number of piperidine rings is 2. The van der Waals surface area contributed by atoms with Crippen molar-refractivity contribution in [1.82, 2.24) is 9.80 Å². The quantitative estimate of drug-likeness (QED) is 0.696. The molecule has 3 nitrogen and oxygen atoms in total. The highest BCUT2D eigenvalue weighted by Gasteiger charge is 2.59. The molecule has 3 aliphatic rings. The lowest BCUT2D eigenvalue weighted by molar-refractivity contribution is -0.185. The van der Waals surface area contributed by atoms with E-state index in [4.69, 9.17) is 23.2 Å². The first-order chi connectivity index (χ1) is 13.4. The maximum Gasteiger partial charge on any atom is 0.123 e. The summed E-state index contributed by atoms with van der Waals surface area (Å²) in [5, 5.41) is 13.9. The maximum absolute atomic E-state index is 12.7. The Morgan fingerprint density at radius 2 is 1.43 bits per heavy atom. The van der Waals surface area contributed by atoms with E-state index in [0.717, 1.165) is 51.0 Å². The highest BCUT2D eigenvalue weighted by molar-refractivity contribution is 6.34. The van der Waals surface area contributed by atoms with Crippen molar-refractivity contribution >= 4 is 23.2 Å². The van der Waals surface area contributed by atoms with E-state index < -0.39 is 5.60 Å². The van der Waals surface area contributed by atoms with Crippen molar-refractivity contribution in [2.45, 2.75) is 81.9 Å². The molecule has 1 aromatic rings. The molecule has 0 spiro atoms. The van der Waals surface area contributed by atoms with Gasteiger partial charge in [-0.1, -0.05) is 36.0 Å². The monoisotopic (exact) mass is 424 g/mol. The first-order valence-electron chi connectivity index (χ1n) is 11.1. The number of nitrogens with zero attached hydrogens (tertiary/aromatic N) is 2. The first kappa shape index (κ1) is 20.9. The Kier molecular flexibility index (Phi) is 6.30. The normalized spacial score (nSPS) is 35.8. The predicted octanol–water partition coefficient (Wildman–Crippen LogP) is 5.46. The van der Waals surface area contributed by atoms with Gasteiger partial charge in [-0.15, -0.1) is 0 Å². The van der Waals surface area contributed by atoms with E-state index in [1.54, 1.807) is 6.07 Å². The third kappa shape index (κ3) is 3.63. The molecule has 0 aromatic heterocycles. The van der Waals surface area contributed by atoms with Gasteiger partial charge in [-0.25, -0.2) is 0 Å². The van der Waals surface area contributed by atoms with Crippen LogP contribution in [0.4, 0.5) is 0 Å². The Bertz CT molecular complexity index is 667. The molecule has 1 N–H and O–H groups in total. The van der Waals surface area contributed by atoms with Gasteiger partial charge in [0.05, 0.1) is 5.54 Å². The summed E-state index contributed by atoms with van der Waals surface area (Å²) in [6, 6.07) is 5.80. The fourth-order valence-electron chi connectivity index (χ4n) is 6.14. The van der Waals surface area contributed by atoms with Gasteiger partial charge >= 0.3 is 0 Å². The number of halogens is 2. The second-order valence-corrected chi connectivity index (χ2v) is 10.1. The van der Waals surface area contributed by atoms with Crippen molar-refractivity contribution in [2.24, 2.45) is 0 Å². The minimum Gasteiger partial charge on any atom is -0.382 e. The van der Waals surface area contributed by atoms with Gasteiger partial charge < -0.3 is 5.11 Å². The molecule has 0 bridgehead atoms. The molecule has 2 heterocycles. The third-order valence-electron chi connectivity index (χ3n) is 7.63. The average molecular weight is 425 g/mol. The molecule has 0 amide bonds. The van der Waals surface area contributed by atoms with Crippen molar-refractivity contribution in [3.05, 3.63) is 33.8 Å². The van der Waals surface area contributed by atoms with E-state index in [1.807, 2.05) is 12.1 Å². The third-order valence-corrected chi connectivity index (χ3v) is 8.07. The van der Waals surface area contributed by atoms with E-state index >= 15 is 0 Å². The molecule has 1 aromatic carbocycles. The number of likely N-dealkylation sites (tertiary alicyclic amines) is 2. The summed E-state index contributed by atoms with van der Waals surface area (Å²) in [7, 11) is 0. The van der Waals surface area contributed by atoms with Crippen molar-refractivity contribution < 1.29 is 5.11 Å². The SMILES string of the molecule is CC1(N2CCCCC2)CCCC(N2CCCCC2)C1(O)c1cc(Cl)cc(Cl)c1. The maximum atomic E-state index is 12.7. The van der Waals surface area contributed by atoms with Crippen LogP contribution in [-0.4, -0.2) is 52.7 Å². The zero-order valence-corrected chi connectivity index (χ0v) is 18.6. The van der Waals surface area contributed by atoms with Crippen LogP contribution in [0.25, 0.3) is 0 Å². The smallest absolute Gasteiger partial charge is 0.123 e. The molecule has 28 heavy (non-hydrogen) atoms. The molecule has 4 rings (SSSR count). The molecule has 0 radical (unpaired) electrons. The van der Waals surface area contributed by atoms with Gasteiger partial charge in [0.2, 0.25) is 0 Å². The summed E-state index contributed by atoms with van der Waals surface area (Å²) >= 11 is 12.8. The fraction of sp³-hybridized carbons (Fsp3) is 0.739. The van der Waals surface area contributed by atoms with Crippen LogP contribution >= 0.6 is 23.2 Å². The number of hydrogen-bond donors (Lipinski definition) is 1.